The van der Waals surface area contributed by atoms with Crippen LogP contribution in [0.1, 0.15) is 22.7 Å². The molecule has 4 rings (SSSR count). The van der Waals surface area contributed by atoms with Crippen molar-refractivity contribution in [2.75, 3.05) is 13.2 Å². The molecular weight excluding hydrogens is 316 g/mol. The molecule has 0 radical (unpaired) electrons. The van der Waals surface area contributed by atoms with E-state index in [1.165, 1.54) is 0 Å². The minimum Gasteiger partial charge on any atom is -0.507 e. The van der Waals surface area contributed by atoms with Gasteiger partial charge in [0.1, 0.15) is 5.75 Å². The average molecular weight is 336 g/mol. The molecule has 1 fully saturated rings. The maximum Gasteiger partial charge on any atom is 0.160 e. The lowest BCUT2D eigenvalue weighted by molar-refractivity contribution is 0.124. The van der Waals surface area contributed by atoms with Gasteiger partial charge in [0, 0.05) is 10.9 Å². The number of hydrogen-bond donors (Lipinski definition) is 2. The molecule has 0 saturated carbocycles. The average Bonchev–Trinajstić information content (AvgIpc) is 2.99. The van der Waals surface area contributed by atoms with Crippen LogP contribution in [0.2, 0.25) is 0 Å². The maximum atomic E-state index is 10.3. The van der Waals surface area contributed by atoms with Crippen molar-refractivity contribution in [2.24, 2.45) is 0 Å². The van der Waals surface area contributed by atoms with E-state index in [4.69, 9.17) is 4.74 Å². The van der Waals surface area contributed by atoms with E-state index in [9.17, 15) is 10.2 Å². The van der Waals surface area contributed by atoms with Crippen molar-refractivity contribution >= 4 is 11.0 Å². The third kappa shape index (κ3) is 2.86. The Hall–Kier alpha value is -2.50. The molecule has 1 aromatic carbocycles. The molecule has 2 atom stereocenters. The van der Waals surface area contributed by atoms with Gasteiger partial charge < -0.3 is 14.9 Å². The van der Waals surface area contributed by atoms with E-state index in [0.29, 0.717) is 24.6 Å². The Morgan fingerprint density at radius 1 is 1.04 bits per heavy atom. The molecule has 0 bridgehead atoms. The van der Waals surface area contributed by atoms with E-state index in [1.54, 1.807) is 6.07 Å². The van der Waals surface area contributed by atoms with Crippen LogP contribution in [0.4, 0.5) is 0 Å². The molecule has 0 amide bonds. The highest BCUT2D eigenvalue weighted by atomic mass is 16.5. The Kier molecular flexibility index (Phi) is 3.90. The number of pyridine rings is 2. The number of aromatic nitrogens is 2. The van der Waals surface area contributed by atoms with Gasteiger partial charge in [-0.15, -0.1) is 0 Å². The fourth-order valence-electron chi connectivity index (χ4n) is 3.46. The van der Waals surface area contributed by atoms with Gasteiger partial charge in [-0.05, 0) is 55.3 Å². The van der Waals surface area contributed by atoms with Gasteiger partial charge >= 0.3 is 0 Å². The summed E-state index contributed by atoms with van der Waals surface area (Å²) in [6.07, 6.45) is -0.531. The maximum absolute atomic E-state index is 10.3. The highest BCUT2D eigenvalue weighted by molar-refractivity contribution is 5.81. The van der Waals surface area contributed by atoms with Crippen LogP contribution in [0.5, 0.6) is 5.75 Å². The summed E-state index contributed by atoms with van der Waals surface area (Å²) in [5.74, 6) is 0.101. The van der Waals surface area contributed by atoms with Crippen LogP contribution in [0.15, 0.2) is 36.4 Å². The van der Waals surface area contributed by atoms with Crippen molar-refractivity contribution in [3.63, 3.8) is 0 Å². The molecule has 2 N–H and O–H groups in total. The van der Waals surface area contributed by atoms with E-state index >= 15 is 0 Å². The second-order valence-corrected chi connectivity index (χ2v) is 6.67. The number of phenols is 1. The van der Waals surface area contributed by atoms with Crippen molar-refractivity contribution in [2.45, 2.75) is 25.9 Å². The second kappa shape index (κ2) is 6.10. The zero-order chi connectivity index (χ0) is 17.6. The molecule has 2 aromatic heterocycles. The molecule has 25 heavy (non-hydrogen) atoms. The van der Waals surface area contributed by atoms with Crippen LogP contribution in [0, 0.1) is 13.8 Å². The largest absolute Gasteiger partial charge is 0.507 e. The van der Waals surface area contributed by atoms with Crippen LogP contribution in [0.25, 0.3) is 22.3 Å². The molecule has 3 heterocycles. The normalized spacial score (nSPS) is 20.3. The smallest absolute Gasteiger partial charge is 0.160 e. The molecular formula is C20H20N2O3. The minimum absolute atomic E-state index is 0.121. The van der Waals surface area contributed by atoms with Gasteiger partial charge in [0.2, 0.25) is 0 Å². The van der Waals surface area contributed by atoms with Crippen LogP contribution in [0.3, 0.4) is 0 Å². The molecule has 0 unspecified atom stereocenters. The summed E-state index contributed by atoms with van der Waals surface area (Å²) in [7, 11) is 0. The highest BCUT2D eigenvalue weighted by Crippen LogP contribution is 2.33. The SMILES string of the molecule is Cc1cc(C)c(-c2ccc3ccc([C@@H]4COC[C@@H]4O)nc3n2)c(O)c1. The van der Waals surface area contributed by atoms with E-state index < -0.39 is 6.10 Å². The van der Waals surface area contributed by atoms with Gasteiger partial charge in [-0.25, -0.2) is 9.97 Å². The molecule has 1 aliphatic rings. The van der Waals surface area contributed by atoms with Gasteiger partial charge in [0.15, 0.2) is 5.65 Å². The summed E-state index contributed by atoms with van der Waals surface area (Å²) in [5, 5.41) is 21.3. The van der Waals surface area contributed by atoms with E-state index in [0.717, 1.165) is 27.8 Å². The first-order valence-corrected chi connectivity index (χ1v) is 8.37. The predicted octanol–water partition coefficient (Wildman–Crippen LogP) is 3.09. The predicted molar refractivity (Wildman–Crippen MR) is 95.7 cm³/mol. The second-order valence-electron chi connectivity index (χ2n) is 6.67. The number of fused-ring (bicyclic) bond motifs is 1. The Morgan fingerprint density at radius 2 is 1.84 bits per heavy atom. The number of ether oxygens (including phenoxy) is 1. The Labute approximate surface area is 145 Å². The Bertz CT molecular complexity index is 932. The summed E-state index contributed by atoms with van der Waals surface area (Å²) in [4.78, 5) is 9.30. The molecule has 1 saturated heterocycles. The highest BCUT2D eigenvalue weighted by Gasteiger charge is 2.29. The van der Waals surface area contributed by atoms with Crippen molar-refractivity contribution in [3.05, 3.63) is 53.2 Å². The summed E-state index contributed by atoms with van der Waals surface area (Å²) in [6.45, 7) is 4.72. The van der Waals surface area contributed by atoms with Crippen LogP contribution < -0.4 is 0 Å². The fourth-order valence-corrected chi connectivity index (χ4v) is 3.46. The third-order valence-corrected chi connectivity index (χ3v) is 4.72. The number of aliphatic hydroxyl groups is 1. The number of aryl methyl sites for hydroxylation is 2. The summed E-state index contributed by atoms with van der Waals surface area (Å²) >= 11 is 0. The lowest BCUT2D eigenvalue weighted by Gasteiger charge is -2.13. The number of benzene rings is 1. The van der Waals surface area contributed by atoms with Gasteiger partial charge in [-0.3, -0.25) is 0 Å². The van der Waals surface area contributed by atoms with Crippen LogP contribution >= 0.6 is 0 Å². The monoisotopic (exact) mass is 336 g/mol. The number of phenolic OH excluding ortho intramolecular Hbond substituents is 1. The van der Waals surface area contributed by atoms with Gasteiger partial charge in [0.25, 0.3) is 0 Å². The number of hydrogen-bond acceptors (Lipinski definition) is 5. The molecule has 0 aliphatic carbocycles. The van der Waals surface area contributed by atoms with E-state index in [2.05, 4.69) is 9.97 Å². The Morgan fingerprint density at radius 3 is 2.56 bits per heavy atom. The minimum atomic E-state index is -0.531. The van der Waals surface area contributed by atoms with Gasteiger partial charge in [-0.1, -0.05) is 6.07 Å². The molecule has 0 spiro atoms. The van der Waals surface area contributed by atoms with Gasteiger partial charge in [-0.2, -0.15) is 0 Å². The van der Waals surface area contributed by atoms with Gasteiger partial charge in [0.05, 0.1) is 36.6 Å². The quantitative estimate of drug-likeness (QED) is 0.752. The van der Waals surface area contributed by atoms with E-state index in [-0.39, 0.29) is 11.7 Å². The molecule has 5 heteroatoms. The topological polar surface area (TPSA) is 75.5 Å². The zero-order valence-corrected chi connectivity index (χ0v) is 14.2. The standard InChI is InChI=1S/C20H20N2O3/c1-11-7-12(2)19(17(23)8-11)16-6-4-13-3-5-15(21-20(13)22-16)14-9-25-10-18(14)24/h3-8,14,18,23-24H,9-10H2,1-2H3/t14-,18-/m0/s1. The number of nitrogens with zero attached hydrogens (tertiary/aromatic N) is 2. The first-order valence-electron chi connectivity index (χ1n) is 8.37. The number of rotatable bonds is 2. The first-order chi connectivity index (χ1) is 12.0. The molecule has 1 aliphatic heterocycles. The van der Waals surface area contributed by atoms with Crippen molar-refractivity contribution in [1.29, 1.82) is 0 Å². The lowest BCUT2D eigenvalue weighted by atomic mass is 10.00. The fraction of sp³-hybridized carbons (Fsp3) is 0.300. The zero-order valence-electron chi connectivity index (χ0n) is 14.2. The summed E-state index contributed by atoms with van der Waals surface area (Å²) in [6, 6.07) is 11.5. The van der Waals surface area contributed by atoms with Crippen LogP contribution in [-0.2, 0) is 4.74 Å². The summed E-state index contributed by atoms with van der Waals surface area (Å²) < 4.78 is 5.33. The van der Waals surface area contributed by atoms with Crippen molar-refractivity contribution in [1.82, 2.24) is 9.97 Å². The van der Waals surface area contributed by atoms with E-state index in [1.807, 2.05) is 44.2 Å². The number of aromatic hydroxyl groups is 1. The molecule has 128 valence electrons. The lowest BCUT2D eigenvalue weighted by Crippen LogP contribution is -2.16. The summed E-state index contributed by atoms with van der Waals surface area (Å²) in [5.41, 5.74) is 4.79. The first kappa shape index (κ1) is 16.0. The third-order valence-electron chi connectivity index (χ3n) is 4.72. The molecule has 5 nitrogen and oxygen atoms in total. The molecule has 3 aromatic rings. The van der Waals surface area contributed by atoms with Crippen molar-refractivity contribution in [3.8, 4) is 17.0 Å². The Balaban J connectivity index is 1.82. The van der Waals surface area contributed by atoms with Crippen LogP contribution in [-0.4, -0.2) is 39.5 Å². The van der Waals surface area contributed by atoms with Crippen molar-refractivity contribution < 1.29 is 14.9 Å². The number of aliphatic hydroxyl groups excluding tert-OH is 1.